The van der Waals surface area contributed by atoms with E-state index in [0.29, 0.717) is 28.5 Å². The molecule has 0 radical (unpaired) electrons. The number of hydroxylamine groups is 1. The van der Waals surface area contributed by atoms with Gasteiger partial charge in [0.05, 0.1) is 35.2 Å². The van der Waals surface area contributed by atoms with E-state index >= 15 is 4.39 Å². The summed E-state index contributed by atoms with van der Waals surface area (Å²) in [6.07, 6.45) is 0. The Balaban J connectivity index is 2.54. The van der Waals surface area contributed by atoms with Gasteiger partial charge in [-0.2, -0.15) is 0 Å². The van der Waals surface area contributed by atoms with Gasteiger partial charge in [-0.1, -0.05) is 27.5 Å². The van der Waals surface area contributed by atoms with Crippen molar-refractivity contribution in [2.75, 3.05) is 37.0 Å². The SMILES string of the molecule is CCN(C)c1cc(C(=O)NOCCO)c(Nc2ccc(Br)cc2Cl)c(F)c1C. The first-order valence-corrected chi connectivity index (χ1v) is 9.76. The number of carbonyl (C=O) groups is 1. The van der Waals surface area contributed by atoms with Crippen molar-refractivity contribution in [2.24, 2.45) is 0 Å². The zero-order chi connectivity index (χ0) is 20.8. The number of nitrogens with one attached hydrogen (secondary N) is 2. The van der Waals surface area contributed by atoms with Crippen molar-refractivity contribution in [3.63, 3.8) is 0 Å². The lowest BCUT2D eigenvalue weighted by Crippen LogP contribution is -2.27. The highest BCUT2D eigenvalue weighted by Crippen LogP contribution is 2.35. The summed E-state index contributed by atoms with van der Waals surface area (Å²) in [5.74, 6) is -1.21. The van der Waals surface area contributed by atoms with Gasteiger partial charge in [-0.05, 0) is 38.1 Å². The van der Waals surface area contributed by atoms with E-state index in [9.17, 15) is 4.79 Å². The predicted octanol–water partition coefficient (Wildman–Crippen LogP) is 4.40. The zero-order valence-electron chi connectivity index (χ0n) is 15.8. The summed E-state index contributed by atoms with van der Waals surface area (Å²) in [4.78, 5) is 19.3. The second kappa shape index (κ2) is 10.1. The van der Waals surface area contributed by atoms with Crippen LogP contribution in [0.4, 0.5) is 21.5 Å². The molecule has 0 heterocycles. The van der Waals surface area contributed by atoms with Gasteiger partial charge >= 0.3 is 0 Å². The fourth-order valence-corrected chi connectivity index (χ4v) is 3.27. The number of carbonyl (C=O) groups excluding carboxylic acids is 1. The molecule has 0 atom stereocenters. The van der Waals surface area contributed by atoms with Gasteiger partial charge < -0.3 is 15.3 Å². The van der Waals surface area contributed by atoms with Crippen molar-refractivity contribution in [3.8, 4) is 0 Å². The number of aliphatic hydroxyl groups excluding tert-OH is 1. The maximum atomic E-state index is 15.3. The number of nitrogens with zero attached hydrogens (tertiary/aromatic N) is 1. The number of hydrogen-bond acceptors (Lipinski definition) is 5. The number of anilines is 3. The molecule has 152 valence electrons. The molecule has 2 aromatic rings. The molecule has 0 spiro atoms. The number of aliphatic hydroxyl groups is 1. The van der Waals surface area contributed by atoms with Crippen LogP contribution in [0.3, 0.4) is 0 Å². The van der Waals surface area contributed by atoms with Crippen LogP contribution in [0.1, 0.15) is 22.8 Å². The average molecular weight is 475 g/mol. The molecule has 0 aliphatic rings. The molecule has 3 N–H and O–H groups in total. The second-order valence-electron chi connectivity index (χ2n) is 6.02. The van der Waals surface area contributed by atoms with Gasteiger partial charge in [0.25, 0.3) is 5.91 Å². The zero-order valence-corrected chi connectivity index (χ0v) is 18.1. The summed E-state index contributed by atoms with van der Waals surface area (Å²) in [7, 11) is 1.81. The van der Waals surface area contributed by atoms with E-state index in [1.54, 1.807) is 31.2 Å². The van der Waals surface area contributed by atoms with Crippen LogP contribution in [0.15, 0.2) is 28.7 Å². The third-order valence-corrected chi connectivity index (χ3v) is 4.97. The van der Waals surface area contributed by atoms with E-state index in [1.165, 1.54) is 0 Å². The molecule has 0 unspecified atom stereocenters. The van der Waals surface area contributed by atoms with Crippen molar-refractivity contribution in [3.05, 3.63) is 50.7 Å². The smallest absolute Gasteiger partial charge is 0.277 e. The number of hydrogen-bond donors (Lipinski definition) is 3. The molecular weight excluding hydrogens is 453 g/mol. The topological polar surface area (TPSA) is 73.8 Å². The van der Waals surface area contributed by atoms with E-state index in [0.717, 1.165) is 4.47 Å². The van der Waals surface area contributed by atoms with Crippen molar-refractivity contribution >= 4 is 50.5 Å². The van der Waals surface area contributed by atoms with Gasteiger partial charge in [0.1, 0.15) is 0 Å². The Morgan fingerprint density at radius 3 is 2.71 bits per heavy atom. The number of halogens is 3. The van der Waals surface area contributed by atoms with Crippen molar-refractivity contribution in [1.82, 2.24) is 5.48 Å². The maximum Gasteiger partial charge on any atom is 0.277 e. The predicted molar refractivity (Wildman–Crippen MR) is 113 cm³/mol. The van der Waals surface area contributed by atoms with Gasteiger partial charge in [0.2, 0.25) is 0 Å². The van der Waals surface area contributed by atoms with E-state index in [4.69, 9.17) is 21.5 Å². The highest BCUT2D eigenvalue weighted by molar-refractivity contribution is 9.10. The third kappa shape index (κ3) is 5.14. The Bertz CT molecular complexity index is 867. The molecule has 0 bridgehead atoms. The van der Waals surface area contributed by atoms with Gasteiger partial charge in [-0.3, -0.25) is 9.63 Å². The summed E-state index contributed by atoms with van der Waals surface area (Å²) in [5.41, 5.74) is 3.68. The first kappa shape index (κ1) is 22.4. The van der Waals surface area contributed by atoms with E-state index in [2.05, 4.69) is 26.7 Å². The number of benzene rings is 2. The largest absolute Gasteiger partial charge is 0.394 e. The molecular formula is C19H22BrClFN3O3. The molecule has 1 amide bonds. The van der Waals surface area contributed by atoms with E-state index in [1.807, 2.05) is 18.9 Å². The molecule has 2 aromatic carbocycles. The molecule has 0 fully saturated rings. The van der Waals surface area contributed by atoms with Crippen LogP contribution in [0.2, 0.25) is 5.02 Å². The van der Waals surface area contributed by atoms with Crippen LogP contribution >= 0.6 is 27.5 Å². The van der Waals surface area contributed by atoms with Crippen molar-refractivity contribution in [2.45, 2.75) is 13.8 Å². The lowest BCUT2D eigenvalue weighted by molar-refractivity contribution is 0.0169. The van der Waals surface area contributed by atoms with E-state index in [-0.39, 0.29) is 24.5 Å². The van der Waals surface area contributed by atoms with Crippen LogP contribution < -0.4 is 15.7 Å². The standard InChI is InChI=1S/C19H22BrClFN3O3/c1-4-25(3)16-10-13(19(27)24-28-8-7-26)18(17(22)11(16)2)23-15-6-5-12(20)9-14(15)21/h5-6,9-10,23,26H,4,7-8H2,1-3H3,(H,24,27). The highest BCUT2D eigenvalue weighted by atomic mass is 79.9. The maximum absolute atomic E-state index is 15.3. The van der Waals surface area contributed by atoms with Gasteiger partial charge in [0, 0.05) is 29.3 Å². The normalized spacial score (nSPS) is 10.7. The fourth-order valence-electron chi connectivity index (χ4n) is 2.55. The van der Waals surface area contributed by atoms with Crippen LogP contribution in [0, 0.1) is 12.7 Å². The highest BCUT2D eigenvalue weighted by Gasteiger charge is 2.22. The first-order valence-electron chi connectivity index (χ1n) is 8.59. The average Bonchev–Trinajstić information content (AvgIpc) is 2.67. The van der Waals surface area contributed by atoms with Crippen molar-refractivity contribution in [1.29, 1.82) is 0 Å². The van der Waals surface area contributed by atoms with Crippen LogP contribution in [0.25, 0.3) is 0 Å². The summed E-state index contributed by atoms with van der Waals surface area (Å²) >= 11 is 9.56. The quantitative estimate of drug-likeness (QED) is 0.391. The Kier molecular flexibility index (Phi) is 8.06. The minimum absolute atomic E-state index is 0.0138. The molecule has 0 aliphatic carbocycles. The summed E-state index contributed by atoms with van der Waals surface area (Å²) in [6.45, 7) is 3.87. The summed E-state index contributed by atoms with van der Waals surface area (Å²) in [5, 5.41) is 12.1. The second-order valence-corrected chi connectivity index (χ2v) is 7.35. The van der Waals surface area contributed by atoms with Gasteiger partial charge in [-0.25, -0.2) is 9.87 Å². The summed E-state index contributed by atoms with van der Waals surface area (Å²) < 4.78 is 16.0. The molecule has 0 aromatic heterocycles. The van der Waals surface area contributed by atoms with Crippen LogP contribution in [-0.4, -0.2) is 37.8 Å². The lowest BCUT2D eigenvalue weighted by atomic mass is 10.0. The molecule has 9 heteroatoms. The molecule has 28 heavy (non-hydrogen) atoms. The van der Waals surface area contributed by atoms with Gasteiger partial charge in [0.15, 0.2) is 5.82 Å². The van der Waals surface area contributed by atoms with E-state index < -0.39 is 11.7 Å². The van der Waals surface area contributed by atoms with Crippen LogP contribution in [-0.2, 0) is 4.84 Å². The fraction of sp³-hybridized carbons (Fsp3) is 0.316. The molecule has 0 saturated heterocycles. The molecule has 0 saturated carbocycles. The monoisotopic (exact) mass is 473 g/mol. The Morgan fingerprint density at radius 2 is 2.11 bits per heavy atom. The Morgan fingerprint density at radius 1 is 1.39 bits per heavy atom. The minimum atomic E-state index is -0.645. The van der Waals surface area contributed by atoms with Crippen LogP contribution in [0.5, 0.6) is 0 Å². The molecule has 0 aliphatic heterocycles. The molecule has 2 rings (SSSR count). The third-order valence-electron chi connectivity index (χ3n) is 4.16. The summed E-state index contributed by atoms with van der Waals surface area (Å²) in [6, 6.07) is 6.69. The number of rotatable bonds is 8. The van der Waals surface area contributed by atoms with Crippen molar-refractivity contribution < 1.29 is 19.1 Å². The Hall–Kier alpha value is -1.87. The first-order chi connectivity index (χ1) is 13.3. The molecule has 6 nitrogen and oxygen atoms in total. The van der Waals surface area contributed by atoms with Gasteiger partial charge in [-0.15, -0.1) is 0 Å². The number of amides is 1. The lowest BCUT2D eigenvalue weighted by Gasteiger charge is -2.23. The Labute approximate surface area is 176 Å². The minimum Gasteiger partial charge on any atom is -0.394 e.